The van der Waals surface area contributed by atoms with Gasteiger partial charge in [0.15, 0.2) is 0 Å². The van der Waals surface area contributed by atoms with Gasteiger partial charge in [-0.2, -0.15) is 5.53 Å². The minimum absolute atomic E-state index is 0.180. The summed E-state index contributed by atoms with van der Waals surface area (Å²) in [6, 6.07) is 0. The number of piperazine rings is 1. The van der Waals surface area contributed by atoms with Gasteiger partial charge in [0.25, 0.3) is 5.90 Å². The second-order valence-electron chi connectivity index (χ2n) is 3.90. The van der Waals surface area contributed by atoms with E-state index in [9.17, 15) is 4.79 Å². The first-order valence-corrected chi connectivity index (χ1v) is 6.02. The van der Waals surface area contributed by atoms with Crippen LogP contribution in [0.3, 0.4) is 0 Å². The maximum atomic E-state index is 11.1. The molecule has 1 aliphatic heterocycles. The van der Waals surface area contributed by atoms with Gasteiger partial charge in [-0.25, -0.2) is 9.80 Å². The van der Waals surface area contributed by atoms with E-state index in [2.05, 4.69) is 32.8 Å². The van der Waals surface area contributed by atoms with Crippen molar-refractivity contribution in [3.05, 3.63) is 0 Å². The van der Waals surface area contributed by atoms with E-state index in [0.29, 0.717) is 0 Å². The molecular weight excluding hydrogens is 252 g/mol. The van der Waals surface area contributed by atoms with E-state index in [1.807, 2.05) is 5.01 Å². The van der Waals surface area contributed by atoms with Crippen LogP contribution in [0.2, 0.25) is 0 Å². The molecule has 9 heteroatoms. The maximum Gasteiger partial charge on any atom is 0.437 e. The number of nitrogens with one attached hydrogen (secondary N) is 3. The van der Waals surface area contributed by atoms with Crippen LogP contribution >= 0.6 is 0 Å². The summed E-state index contributed by atoms with van der Waals surface area (Å²) in [6.45, 7) is 5.46. The van der Waals surface area contributed by atoms with Gasteiger partial charge in [-0.3, -0.25) is 0 Å². The van der Waals surface area contributed by atoms with Crippen LogP contribution in [0.4, 0.5) is 4.79 Å². The quantitative estimate of drug-likeness (QED) is 0.348. The van der Waals surface area contributed by atoms with Crippen molar-refractivity contribution in [2.75, 3.05) is 39.8 Å². The SMILES string of the molecule is CCOC(=O)/N=C(/C=N)ONNN1CCN(C)CC1. The number of hydrogen-bond acceptors (Lipinski definition) is 8. The van der Waals surface area contributed by atoms with Crippen LogP contribution in [0.1, 0.15) is 6.92 Å². The molecule has 0 radical (unpaired) electrons. The van der Waals surface area contributed by atoms with Crippen LogP contribution in [-0.4, -0.2) is 67.9 Å². The van der Waals surface area contributed by atoms with Crippen molar-refractivity contribution in [2.24, 2.45) is 4.99 Å². The number of hydrazine groups is 2. The van der Waals surface area contributed by atoms with Crippen LogP contribution < -0.4 is 11.1 Å². The highest BCUT2D eigenvalue weighted by atomic mass is 16.7. The van der Waals surface area contributed by atoms with Crippen LogP contribution in [0.25, 0.3) is 0 Å². The van der Waals surface area contributed by atoms with E-state index in [0.717, 1.165) is 32.4 Å². The Morgan fingerprint density at radius 3 is 2.68 bits per heavy atom. The van der Waals surface area contributed by atoms with Crippen molar-refractivity contribution in [3.8, 4) is 0 Å². The van der Waals surface area contributed by atoms with Gasteiger partial charge in [0.05, 0.1) is 12.8 Å². The lowest BCUT2D eigenvalue weighted by molar-refractivity contribution is 0.00483. The van der Waals surface area contributed by atoms with Gasteiger partial charge in [-0.15, -0.1) is 4.99 Å². The van der Waals surface area contributed by atoms with E-state index in [1.165, 1.54) is 0 Å². The summed E-state index contributed by atoms with van der Waals surface area (Å²) in [5.74, 6) is -0.180. The minimum atomic E-state index is -0.789. The fourth-order valence-corrected chi connectivity index (χ4v) is 1.39. The minimum Gasteiger partial charge on any atom is -0.448 e. The van der Waals surface area contributed by atoms with E-state index in [4.69, 9.17) is 10.2 Å². The molecule has 1 rings (SSSR count). The zero-order valence-electron chi connectivity index (χ0n) is 11.2. The van der Waals surface area contributed by atoms with E-state index in [1.54, 1.807) is 6.92 Å². The lowest BCUT2D eigenvalue weighted by atomic mass is 10.4. The lowest BCUT2D eigenvalue weighted by Gasteiger charge is -2.32. The topological polar surface area (TPSA) is 102 Å². The van der Waals surface area contributed by atoms with Gasteiger partial charge in [0, 0.05) is 26.2 Å². The number of hydrogen-bond donors (Lipinski definition) is 3. The van der Waals surface area contributed by atoms with Crippen molar-refractivity contribution < 1.29 is 14.4 Å². The number of rotatable bonds is 5. The third-order valence-electron chi connectivity index (χ3n) is 2.46. The molecule has 0 aliphatic carbocycles. The average molecular weight is 272 g/mol. The third-order valence-corrected chi connectivity index (χ3v) is 2.46. The van der Waals surface area contributed by atoms with Gasteiger partial charge < -0.3 is 19.9 Å². The molecule has 0 aromatic carbocycles. The molecule has 1 fully saturated rings. The molecule has 9 nitrogen and oxygen atoms in total. The number of carbonyl (C=O) groups is 1. The average Bonchev–Trinajstić information content (AvgIpc) is 2.40. The summed E-state index contributed by atoms with van der Waals surface area (Å²) in [4.78, 5) is 21.6. The Hall–Kier alpha value is -1.55. The van der Waals surface area contributed by atoms with E-state index >= 15 is 0 Å². The maximum absolute atomic E-state index is 11.1. The number of carbonyl (C=O) groups excluding carboxylic acids is 1. The summed E-state index contributed by atoms with van der Waals surface area (Å²) in [6.07, 6.45) is 0.0256. The molecule has 1 aliphatic rings. The highest BCUT2D eigenvalue weighted by Crippen LogP contribution is 1.94. The van der Waals surface area contributed by atoms with Gasteiger partial charge in [0.2, 0.25) is 0 Å². The molecule has 1 heterocycles. The molecule has 0 bridgehead atoms. The summed E-state index contributed by atoms with van der Waals surface area (Å²) in [7, 11) is 2.06. The Balaban J connectivity index is 2.26. The Morgan fingerprint density at radius 1 is 1.42 bits per heavy atom. The standard InChI is InChI=1S/C10H20N6O3/c1-3-18-10(17)12-9(8-11)19-14-13-16-6-4-15(2)5-7-16/h8,11,13-14H,3-7H2,1-2H3/b11-8?,12-9-. The summed E-state index contributed by atoms with van der Waals surface area (Å²) in [5.41, 5.74) is 5.25. The third kappa shape index (κ3) is 6.25. The number of likely N-dealkylation sites (N-methyl/N-ethyl adjacent to an activating group) is 1. The summed E-state index contributed by atoms with van der Waals surface area (Å²) >= 11 is 0. The predicted octanol–water partition coefficient (Wildman–Crippen LogP) is -0.621. The molecule has 0 saturated carbocycles. The normalized spacial score (nSPS) is 18.1. The van der Waals surface area contributed by atoms with Gasteiger partial charge in [-0.05, 0) is 14.0 Å². The second-order valence-corrected chi connectivity index (χ2v) is 3.90. The highest BCUT2D eigenvalue weighted by molar-refractivity contribution is 6.26. The molecule has 0 spiro atoms. The monoisotopic (exact) mass is 272 g/mol. The van der Waals surface area contributed by atoms with Crippen molar-refractivity contribution in [3.63, 3.8) is 0 Å². The molecule has 0 aromatic rings. The molecule has 1 saturated heterocycles. The molecule has 19 heavy (non-hydrogen) atoms. The Labute approximate surface area is 112 Å². The largest absolute Gasteiger partial charge is 0.448 e. The van der Waals surface area contributed by atoms with Gasteiger partial charge in [0.1, 0.15) is 0 Å². The smallest absolute Gasteiger partial charge is 0.437 e. The lowest BCUT2D eigenvalue weighted by Crippen LogP contribution is -2.55. The second kappa shape index (κ2) is 8.53. The molecule has 0 atom stereocenters. The van der Waals surface area contributed by atoms with E-state index < -0.39 is 6.09 Å². The van der Waals surface area contributed by atoms with Crippen LogP contribution in [-0.2, 0) is 9.57 Å². The van der Waals surface area contributed by atoms with Crippen molar-refractivity contribution in [1.29, 1.82) is 5.41 Å². The molecular formula is C10H20N6O3. The van der Waals surface area contributed by atoms with Crippen molar-refractivity contribution in [1.82, 2.24) is 21.0 Å². The first-order valence-electron chi connectivity index (χ1n) is 6.02. The first kappa shape index (κ1) is 15.5. The summed E-state index contributed by atoms with van der Waals surface area (Å²) in [5, 5.41) is 8.98. The zero-order chi connectivity index (χ0) is 14.1. The number of nitrogens with zero attached hydrogens (tertiary/aromatic N) is 3. The molecule has 108 valence electrons. The molecule has 0 unspecified atom stereocenters. The number of aliphatic imine (C=N–C) groups is 1. The molecule has 1 amide bonds. The molecule has 3 N–H and O–H groups in total. The molecule has 0 aromatic heterocycles. The first-order chi connectivity index (χ1) is 9.15. The highest BCUT2D eigenvalue weighted by Gasteiger charge is 2.13. The number of ether oxygens (including phenoxy) is 1. The predicted molar refractivity (Wildman–Crippen MR) is 69.7 cm³/mol. The number of amides is 1. The van der Waals surface area contributed by atoms with Gasteiger partial charge in [-0.1, -0.05) is 5.59 Å². The van der Waals surface area contributed by atoms with Gasteiger partial charge >= 0.3 is 6.09 Å². The van der Waals surface area contributed by atoms with E-state index in [-0.39, 0.29) is 12.5 Å². The van der Waals surface area contributed by atoms with Crippen molar-refractivity contribution in [2.45, 2.75) is 6.92 Å². The van der Waals surface area contributed by atoms with Crippen molar-refractivity contribution >= 4 is 18.2 Å². The van der Waals surface area contributed by atoms with Crippen LogP contribution in [0.15, 0.2) is 4.99 Å². The Bertz CT molecular complexity index is 327. The fraction of sp³-hybridized carbons (Fsp3) is 0.700. The zero-order valence-corrected chi connectivity index (χ0v) is 11.2. The van der Waals surface area contributed by atoms with Crippen LogP contribution in [0.5, 0.6) is 0 Å². The summed E-state index contributed by atoms with van der Waals surface area (Å²) < 4.78 is 4.61. The Morgan fingerprint density at radius 2 is 2.11 bits per heavy atom. The Kier molecular flexibility index (Phi) is 6.97. The fourth-order valence-electron chi connectivity index (χ4n) is 1.39. The van der Waals surface area contributed by atoms with Crippen LogP contribution in [0, 0.1) is 5.41 Å².